The molecule has 30 heavy (non-hydrogen) atoms. The minimum atomic E-state index is -1.51. The first-order valence-corrected chi connectivity index (χ1v) is 10.9. The molecule has 2 heterocycles. The van der Waals surface area contributed by atoms with E-state index in [4.69, 9.17) is 24.1 Å². The van der Waals surface area contributed by atoms with E-state index < -0.39 is 68.0 Å². The molecule has 10 atom stereocenters. The molecule has 178 valence electrons. The van der Waals surface area contributed by atoms with Crippen molar-refractivity contribution < 1.29 is 49.6 Å². The Hall–Kier alpha value is -0.400. The molecule has 2 rings (SSSR count). The maximum atomic E-state index is 10.5. The molecule has 2 saturated heterocycles. The van der Waals surface area contributed by atoms with Crippen molar-refractivity contribution in [3.63, 3.8) is 0 Å². The molecule has 0 radical (unpaired) electrons. The van der Waals surface area contributed by atoms with Crippen molar-refractivity contribution in [1.82, 2.24) is 0 Å². The number of rotatable bonds is 12. The summed E-state index contributed by atoms with van der Waals surface area (Å²) < 4.78 is 22.1. The van der Waals surface area contributed by atoms with E-state index in [1.807, 2.05) is 0 Å². The highest BCUT2D eigenvalue weighted by Crippen LogP contribution is 2.30. The van der Waals surface area contributed by atoms with Crippen molar-refractivity contribution in [3.05, 3.63) is 0 Å². The van der Waals surface area contributed by atoms with Gasteiger partial charge in [-0.15, -0.1) is 0 Å². The summed E-state index contributed by atoms with van der Waals surface area (Å²) in [5.74, 6) is 0. The van der Waals surface area contributed by atoms with Crippen LogP contribution in [0.15, 0.2) is 0 Å². The Morgan fingerprint density at radius 3 is 2.13 bits per heavy atom. The molecule has 0 saturated carbocycles. The molecule has 0 aliphatic carbocycles. The van der Waals surface area contributed by atoms with Crippen LogP contribution in [0.3, 0.4) is 0 Å². The predicted molar refractivity (Wildman–Crippen MR) is 104 cm³/mol. The fraction of sp³-hybridized carbons (Fsp3) is 1.00. The van der Waals surface area contributed by atoms with Gasteiger partial charge in [-0.3, -0.25) is 0 Å². The SMILES string of the molecule is CCCCCCCCOC1OC(C)C(O[C@@H]2O[C@@H]([C@H](O)CO)[C@H](O)[C@H]2O)C(O)C1O. The van der Waals surface area contributed by atoms with Gasteiger partial charge in [0.15, 0.2) is 12.6 Å². The van der Waals surface area contributed by atoms with Crippen LogP contribution in [0.1, 0.15) is 52.4 Å². The van der Waals surface area contributed by atoms with Crippen molar-refractivity contribution in [2.45, 2.75) is 114 Å². The van der Waals surface area contributed by atoms with Crippen LogP contribution in [0.5, 0.6) is 0 Å². The molecule has 10 nitrogen and oxygen atoms in total. The predicted octanol–water partition coefficient (Wildman–Crippen LogP) is -0.985. The number of hydrogen-bond donors (Lipinski definition) is 6. The zero-order valence-corrected chi connectivity index (χ0v) is 17.7. The van der Waals surface area contributed by atoms with Crippen molar-refractivity contribution in [2.24, 2.45) is 0 Å². The first-order chi connectivity index (χ1) is 14.3. The highest BCUT2D eigenvalue weighted by Gasteiger charge is 2.51. The van der Waals surface area contributed by atoms with Gasteiger partial charge in [0.1, 0.15) is 42.7 Å². The summed E-state index contributed by atoms with van der Waals surface area (Å²) in [6, 6.07) is 0. The second-order valence-corrected chi connectivity index (χ2v) is 8.13. The number of aliphatic hydroxyl groups excluding tert-OH is 6. The molecule has 2 aliphatic rings. The summed E-state index contributed by atoms with van der Waals surface area (Å²) in [7, 11) is 0. The molecule has 0 aromatic rings. The monoisotopic (exact) mass is 438 g/mol. The van der Waals surface area contributed by atoms with E-state index in [-0.39, 0.29) is 0 Å². The number of aliphatic hydroxyl groups is 6. The normalized spacial score (nSPS) is 40.6. The van der Waals surface area contributed by atoms with Crippen LogP contribution in [0, 0.1) is 0 Å². The maximum absolute atomic E-state index is 10.5. The van der Waals surface area contributed by atoms with Gasteiger partial charge in [-0.25, -0.2) is 0 Å². The molecule has 5 unspecified atom stereocenters. The van der Waals surface area contributed by atoms with Crippen LogP contribution < -0.4 is 0 Å². The molecule has 2 fully saturated rings. The Labute approximate surface area is 177 Å². The average molecular weight is 439 g/mol. The maximum Gasteiger partial charge on any atom is 0.187 e. The van der Waals surface area contributed by atoms with E-state index in [9.17, 15) is 25.5 Å². The van der Waals surface area contributed by atoms with Crippen molar-refractivity contribution in [2.75, 3.05) is 13.2 Å². The molecule has 0 spiro atoms. The van der Waals surface area contributed by atoms with Crippen LogP contribution in [-0.4, -0.2) is 105 Å². The second-order valence-electron chi connectivity index (χ2n) is 8.13. The molecule has 2 aliphatic heterocycles. The van der Waals surface area contributed by atoms with E-state index in [0.717, 1.165) is 19.3 Å². The molecule has 0 bridgehead atoms. The van der Waals surface area contributed by atoms with Gasteiger partial charge in [0, 0.05) is 6.61 Å². The smallest absolute Gasteiger partial charge is 0.187 e. The van der Waals surface area contributed by atoms with Gasteiger partial charge in [-0.05, 0) is 13.3 Å². The van der Waals surface area contributed by atoms with Crippen LogP contribution in [0.4, 0.5) is 0 Å². The highest BCUT2D eigenvalue weighted by atomic mass is 16.7. The number of ether oxygens (including phenoxy) is 4. The van der Waals surface area contributed by atoms with Crippen molar-refractivity contribution in [3.8, 4) is 0 Å². The summed E-state index contributed by atoms with van der Waals surface area (Å²) >= 11 is 0. The Morgan fingerprint density at radius 1 is 0.833 bits per heavy atom. The van der Waals surface area contributed by atoms with Gasteiger partial charge < -0.3 is 49.6 Å². The summed E-state index contributed by atoms with van der Waals surface area (Å²) in [5.41, 5.74) is 0. The largest absolute Gasteiger partial charge is 0.394 e. The zero-order valence-electron chi connectivity index (χ0n) is 17.7. The summed E-state index contributed by atoms with van der Waals surface area (Å²) in [5, 5.41) is 59.7. The molecule has 0 aromatic heterocycles. The number of unbranched alkanes of at least 4 members (excludes halogenated alkanes) is 5. The van der Waals surface area contributed by atoms with Gasteiger partial charge in [-0.2, -0.15) is 0 Å². The van der Waals surface area contributed by atoms with Gasteiger partial charge >= 0.3 is 0 Å². The molecule has 10 heteroatoms. The molecule has 0 aromatic carbocycles. The molecular weight excluding hydrogens is 400 g/mol. The lowest BCUT2D eigenvalue weighted by atomic mass is 9.99. The first kappa shape index (κ1) is 25.9. The van der Waals surface area contributed by atoms with E-state index >= 15 is 0 Å². The fourth-order valence-corrected chi connectivity index (χ4v) is 3.77. The van der Waals surface area contributed by atoms with E-state index in [1.165, 1.54) is 19.3 Å². The summed E-state index contributed by atoms with van der Waals surface area (Å²) in [6.45, 7) is 3.52. The van der Waals surface area contributed by atoms with E-state index in [0.29, 0.717) is 6.61 Å². The third-order valence-corrected chi connectivity index (χ3v) is 5.67. The van der Waals surface area contributed by atoms with Crippen LogP contribution in [0.25, 0.3) is 0 Å². The summed E-state index contributed by atoms with van der Waals surface area (Å²) in [6.07, 6.45) is -5.96. The quantitative estimate of drug-likeness (QED) is 0.209. The Balaban J connectivity index is 1.82. The Morgan fingerprint density at radius 2 is 1.47 bits per heavy atom. The lowest BCUT2D eigenvalue weighted by Gasteiger charge is -2.42. The van der Waals surface area contributed by atoms with Crippen LogP contribution >= 0.6 is 0 Å². The topological polar surface area (TPSA) is 158 Å². The van der Waals surface area contributed by atoms with E-state index in [2.05, 4.69) is 6.92 Å². The van der Waals surface area contributed by atoms with Gasteiger partial charge in [0.25, 0.3) is 0 Å². The van der Waals surface area contributed by atoms with E-state index in [1.54, 1.807) is 6.92 Å². The first-order valence-electron chi connectivity index (χ1n) is 10.9. The molecule has 0 amide bonds. The average Bonchev–Trinajstić information content (AvgIpc) is 3.01. The van der Waals surface area contributed by atoms with Gasteiger partial charge in [0.05, 0.1) is 12.7 Å². The molecule has 6 N–H and O–H groups in total. The van der Waals surface area contributed by atoms with Crippen molar-refractivity contribution >= 4 is 0 Å². The minimum Gasteiger partial charge on any atom is -0.394 e. The zero-order chi connectivity index (χ0) is 22.3. The highest BCUT2D eigenvalue weighted by molar-refractivity contribution is 4.94. The number of hydrogen-bond acceptors (Lipinski definition) is 10. The van der Waals surface area contributed by atoms with Crippen LogP contribution in [-0.2, 0) is 18.9 Å². The Kier molecular flexibility index (Phi) is 10.9. The lowest BCUT2D eigenvalue weighted by Crippen LogP contribution is -2.59. The molecular formula is C20H38O10. The van der Waals surface area contributed by atoms with Crippen molar-refractivity contribution in [1.29, 1.82) is 0 Å². The van der Waals surface area contributed by atoms with Crippen LogP contribution in [0.2, 0.25) is 0 Å². The lowest BCUT2D eigenvalue weighted by molar-refractivity contribution is -0.324. The fourth-order valence-electron chi connectivity index (χ4n) is 3.77. The third kappa shape index (κ3) is 6.55. The van der Waals surface area contributed by atoms with Gasteiger partial charge in [0.2, 0.25) is 0 Å². The summed E-state index contributed by atoms with van der Waals surface area (Å²) in [4.78, 5) is 0. The third-order valence-electron chi connectivity index (χ3n) is 5.67. The minimum absolute atomic E-state index is 0.399. The Bertz CT molecular complexity index is 481. The standard InChI is InChI=1S/C20H38O10/c1-3-4-5-6-7-8-9-27-19-15(25)13(23)17(11(2)28-19)29-20-16(26)14(24)18(30-20)12(22)10-21/h11-26H,3-10H2,1-2H3/t11?,12-,13?,14-,15?,16-,17?,18+,19?,20-/m1/s1. The van der Waals surface area contributed by atoms with Gasteiger partial charge in [-0.1, -0.05) is 39.0 Å². The second kappa shape index (κ2) is 12.6.